The molecule has 0 aliphatic heterocycles. The lowest BCUT2D eigenvalue weighted by Crippen LogP contribution is -2.30. The molecule has 6 heteroatoms. The summed E-state index contributed by atoms with van der Waals surface area (Å²) in [5, 5.41) is 0. The van der Waals surface area contributed by atoms with Crippen LogP contribution >= 0.6 is 0 Å². The van der Waals surface area contributed by atoms with Gasteiger partial charge < -0.3 is 0 Å². The molecule has 13 heavy (non-hydrogen) atoms. The molecule has 1 atom stereocenters. The van der Waals surface area contributed by atoms with Crippen molar-refractivity contribution in [1.29, 1.82) is 0 Å². The highest BCUT2D eigenvalue weighted by molar-refractivity contribution is 5.32. The predicted molar refractivity (Wildman–Crippen MR) is 33.1 cm³/mol. The van der Waals surface area contributed by atoms with Crippen LogP contribution < -0.4 is 0 Å². The fourth-order valence-electron chi connectivity index (χ4n) is 0.828. The molecular formula is C7H4F6. The van der Waals surface area contributed by atoms with Crippen molar-refractivity contribution in [1.82, 2.24) is 0 Å². The Bertz CT molecular complexity index is 259. The fourth-order valence-corrected chi connectivity index (χ4v) is 0.828. The van der Waals surface area contributed by atoms with Crippen LogP contribution in [0.3, 0.4) is 0 Å². The number of hydrogen-bond donors (Lipinski definition) is 0. The Labute approximate surface area is 69.5 Å². The maximum Gasteiger partial charge on any atom is 0.416 e. The minimum atomic E-state index is -4.86. The van der Waals surface area contributed by atoms with Crippen molar-refractivity contribution in [2.24, 2.45) is 0 Å². The van der Waals surface area contributed by atoms with Gasteiger partial charge in [0.15, 0.2) is 6.17 Å². The van der Waals surface area contributed by atoms with Crippen LogP contribution in [0.2, 0.25) is 0 Å². The Kier molecular flexibility index (Phi) is 2.17. The SMILES string of the molecule is FC1C=CC(C(F)(F)F)=CC1(F)F. The zero-order chi connectivity index (χ0) is 10.3. The molecule has 0 aromatic carbocycles. The van der Waals surface area contributed by atoms with E-state index in [1.807, 2.05) is 0 Å². The molecule has 1 aliphatic carbocycles. The smallest absolute Gasteiger partial charge is 0.236 e. The Morgan fingerprint density at radius 3 is 2.15 bits per heavy atom. The van der Waals surface area contributed by atoms with Crippen LogP contribution in [0.1, 0.15) is 0 Å². The zero-order valence-corrected chi connectivity index (χ0v) is 6.08. The average Bonchev–Trinajstić information content (AvgIpc) is 1.92. The van der Waals surface area contributed by atoms with Gasteiger partial charge in [-0.1, -0.05) is 6.08 Å². The third-order valence-corrected chi connectivity index (χ3v) is 1.49. The molecule has 1 aliphatic rings. The van der Waals surface area contributed by atoms with Crippen LogP contribution in [0, 0.1) is 0 Å². The van der Waals surface area contributed by atoms with E-state index in [9.17, 15) is 26.3 Å². The van der Waals surface area contributed by atoms with E-state index in [1.165, 1.54) is 0 Å². The molecule has 0 bridgehead atoms. The van der Waals surface area contributed by atoms with Crippen molar-refractivity contribution in [2.75, 3.05) is 0 Å². The molecule has 0 saturated heterocycles. The normalized spacial score (nSPS) is 27.2. The van der Waals surface area contributed by atoms with E-state index in [0.29, 0.717) is 6.08 Å². The van der Waals surface area contributed by atoms with Crippen molar-refractivity contribution in [3.05, 3.63) is 23.8 Å². The number of allylic oxidation sites excluding steroid dienone is 4. The Hall–Kier alpha value is -0.940. The molecule has 1 unspecified atom stereocenters. The lowest BCUT2D eigenvalue weighted by molar-refractivity contribution is -0.0937. The number of hydrogen-bond acceptors (Lipinski definition) is 0. The first-order valence-corrected chi connectivity index (χ1v) is 3.23. The van der Waals surface area contributed by atoms with Gasteiger partial charge in [0, 0.05) is 0 Å². The minimum Gasteiger partial charge on any atom is -0.236 e. The van der Waals surface area contributed by atoms with E-state index >= 15 is 0 Å². The molecule has 0 radical (unpaired) electrons. The lowest BCUT2D eigenvalue weighted by Gasteiger charge is -2.20. The second-order valence-corrected chi connectivity index (χ2v) is 2.53. The molecule has 74 valence electrons. The van der Waals surface area contributed by atoms with E-state index in [-0.39, 0.29) is 6.08 Å². The molecule has 0 nitrogen and oxygen atoms in total. The summed E-state index contributed by atoms with van der Waals surface area (Å²) in [6.45, 7) is 0. The molecule has 0 aromatic rings. The summed E-state index contributed by atoms with van der Waals surface area (Å²) in [5.41, 5.74) is -1.52. The number of rotatable bonds is 0. The summed E-state index contributed by atoms with van der Waals surface area (Å²) in [4.78, 5) is 0. The summed E-state index contributed by atoms with van der Waals surface area (Å²) < 4.78 is 72.5. The molecule has 0 aromatic heterocycles. The van der Waals surface area contributed by atoms with E-state index < -0.39 is 29.9 Å². The molecule has 0 amide bonds. The predicted octanol–water partition coefficient (Wildman–Crippen LogP) is 3.02. The van der Waals surface area contributed by atoms with Crippen LogP contribution in [-0.2, 0) is 0 Å². The van der Waals surface area contributed by atoms with Gasteiger partial charge >= 0.3 is 12.1 Å². The quantitative estimate of drug-likeness (QED) is 0.529. The van der Waals surface area contributed by atoms with E-state index in [0.717, 1.165) is 0 Å². The summed E-state index contributed by atoms with van der Waals surface area (Å²) in [5.74, 6) is -4.07. The Morgan fingerprint density at radius 2 is 1.77 bits per heavy atom. The Balaban J connectivity index is 2.99. The van der Waals surface area contributed by atoms with Crippen LogP contribution in [0.4, 0.5) is 26.3 Å². The van der Waals surface area contributed by atoms with E-state index in [1.54, 1.807) is 0 Å². The molecule has 0 fully saturated rings. The summed E-state index contributed by atoms with van der Waals surface area (Å²) in [6.07, 6.45) is -7.44. The Morgan fingerprint density at radius 1 is 1.23 bits per heavy atom. The summed E-state index contributed by atoms with van der Waals surface area (Å²) in [7, 11) is 0. The summed E-state index contributed by atoms with van der Waals surface area (Å²) in [6, 6.07) is 0. The molecular weight excluding hydrogens is 198 g/mol. The van der Waals surface area contributed by atoms with Gasteiger partial charge in [-0.15, -0.1) is 0 Å². The third kappa shape index (κ3) is 2.05. The molecule has 0 saturated carbocycles. The molecule has 1 rings (SSSR count). The van der Waals surface area contributed by atoms with Crippen molar-refractivity contribution in [3.63, 3.8) is 0 Å². The lowest BCUT2D eigenvalue weighted by atomic mass is 10.0. The topological polar surface area (TPSA) is 0 Å². The first-order valence-electron chi connectivity index (χ1n) is 3.23. The highest BCUT2D eigenvalue weighted by Gasteiger charge is 2.44. The molecule has 0 heterocycles. The number of alkyl halides is 6. The van der Waals surface area contributed by atoms with E-state index in [4.69, 9.17) is 0 Å². The van der Waals surface area contributed by atoms with Crippen molar-refractivity contribution < 1.29 is 26.3 Å². The van der Waals surface area contributed by atoms with Crippen molar-refractivity contribution in [2.45, 2.75) is 18.3 Å². The maximum absolute atomic E-state index is 12.4. The van der Waals surface area contributed by atoms with Gasteiger partial charge in [-0.05, 0) is 12.2 Å². The van der Waals surface area contributed by atoms with Crippen molar-refractivity contribution in [3.8, 4) is 0 Å². The largest absolute Gasteiger partial charge is 0.416 e. The van der Waals surface area contributed by atoms with Gasteiger partial charge in [-0.2, -0.15) is 22.0 Å². The molecule has 0 spiro atoms. The highest BCUT2D eigenvalue weighted by atomic mass is 19.4. The van der Waals surface area contributed by atoms with Crippen LogP contribution in [0.5, 0.6) is 0 Å². The van der Waals surface area contributed by atoms with Gasteiger partial charge in [-0.25, -0.2) is 4.39 Å². The zero-order valence-electron chi connectivity index (χ0n) is 6.08. The minimum absolute atomic E-state index is 0.197. The highest BCUT2D eigenvalue weighted by Crippen LogP contribution is 2.36. The average molecular weight is 202 g/mol. The van der Waals surface area contributed by atoms with Gasteiger partial charge in [-0.3, -0.25) is 0 Å². The monoisotopic (exact) mass is 202 g/mol. The van der Waals surface area contributed by atoms with Crippen LogP contribution in [-0.4, -0.2) is 18.3 Å². The van der Waals surface area contributed by atoms with Gasteiger partial charge in [0.05, 0.1) is 5.57 Å². The molecule has 0 N–H and O–H groups in total. The maximum atomic E-state index is 12.4. The van der Waals surface area contributed by atoms with Gasteiger partial charge in [0.1, 0.15) is 0 Å². The standard InChI is InChI=1S/C7H4F6/c8-5-2-1-4(7(11,12)13)3-6(5,9)10/h1-3,5H. The first-order chi connectivity index (χ1) is 5.73. The fraction of sp³-hybridized carbons (Fsp3) is 0.429. The number of halogens is 6. The second kappa shape index (κ2) is 2.78. The van der Waals surface area contributed by atoms with Crippen LogP contribution in [0.15, 0.2) is 23.8 Å². The van der Waals surface area contributed by atoms with Gasteiger partial charge in [0.2, 0.25) is 0 Å². The van der Waals surface area contributed by atoms with Gasteiger partial charge in [0.25, 0.3) is 0 Å². The van der Waals surface area contributed by atoms with Crippen molar-refractivity contribution >= 4 is 0 Å². The summed E-state index contributed by atoms with van der Waals surface area (Å²) >= 11 is 0. The first kappa shape index (κ1) is 10.1. The van der Waals surface area contributed by atoms with E-state index in [2.05, 4.69) is 0 Å². The third-order valence-electron chi connectivity index (χ3n) is 1.49. The van der Waals surface area contributed by atoms with Crippen LogP contribution in [0.25, 0.3) is 0 Å². The second-order valence-electron chi connectivity index (χ2n) is 2.53.